The van der Waals surface area contributed by atoms with Crippen LogP contribution in [0.4, 0.5) is 0 Å². The minimum Gasteiger partial charge on any atom is -0.341 e. The molecule has 0 aromatic carbocycles. The van der Waals surface area contributed by atoms with Gasteiger partial charge in [0.15, 0.2) is 0 Å². The van der Waals surface area contributed by atoms with E-state index < -0.39 is 0 Å². The maximum atomic E-state index is 12.0. The summed E-state index contributed by atoms with van der Waals surface area (Å²) in [6, 6.07) is 4.14. The van der Waals surface area contributed by atoms with E-state index in [0.29, 0.717) is 6.42 Å². The highest BCUT2D eigenvalue weighted by atomic mass is 32.1. The topological polar surface area (TPSA) is 32.3 Å². The van der Waals surface area contributed by atoms with E-state index in [1.807, 2.05) is 4.90 Å². The molecule has 1 aromatic rings. The number of hydrogen-bond acceptors (Lipinski definition) is 3. The molecule has 2 rings (SSSR count). The van der Waals surface area contributed by atoms with Gasteiger partial charge in [-0.2, -0.15) is 0 Å². The fourth-order valence-corrected chi connectivity index (χ4v) is 2.82. The zero-order valence-corrected chi connectivity index (χ0v) is 10.5. The molecule has 0 bridgehead atoms. The zero-order chi connectivity index (χ0) is 11.4. The third-order valence-electron chi connectivity index (χ3n) is 2.81. The number of nitrogens with one attached hydrogen (secondary N) is 1. The van der Waals surface area contributed by atoms with Crippen LogP contribution in [0.25, 0.3) is 0 Å². The van der Waals surface area contributed by atoms with Crippen LogP contribution in [-0.4, -0.2) is 37.0 Å². The van der Waals surface area contributed by atoms with Gasteiger partial charge in [-0.25, -0.2) is 0 Å². The van der Waals surface area contributed by atoms with E-state index in [-0.39, 0.29) is 5.91 Å². The summed E-state index contributed by atoms with van der Waals surface area (Å²) in [5, 5.41) is 3.31. The predicted octanol–water partition coefficient (Wildman–Crippen LogP) is 1.42. The predicted molar refractivity (Wildman–Crippen MR) is 66.8 cm³/mol. The quantitative estimate of drug-likeness (QED) is 0.845. The van der Waals surface area contributed by atoms with Crippen LogP contribution in [0.2, 0.25) is 0 Å². The second-order valence-electron chi connectivity index (χ2n) is 4.17. The van der Waals surface area contributed by atoms with Gasteiger partial charge in [0.25, 0.3) is 0 Å². The Morgan fingerprint density at radius 1 is 1.44 bits per heavy atom. The summed E-state index contributed by atoms with van der Waals surface area (Å²) < 4.78 is 0. The molecule has 16 heavy (non-hydrogen) atoms. The Morgan fingerprint density at radius 3 is 3.06 bits per heavy atom. The SMILES string of the molecule is Cc1ccc(CC(=O)N2CCCNCC2)s1. The standard InChI is InChI=1S/C12H18N2OS/c1-10-3-4-11(16-10)9-12(15)14-7-2-5-13-6-8-14/h3-4,13H,2,5-9H2,1H3. The van der Waals surface area contributed by atoms with E-state index in [1.165, 1.54) is 9.75 Å². The van der Waals surface area contributed by atoms with Crippen molar-refractivity contribution in [2.24, 2.45) is 0 Å². The summed E-state index contributed by atoms with van der Waals surface area (Å²) in [4.78, 5) is 16.5. The molecule has 1 amide bonds. The second-order valence-corrected chi connectivity index (χ2v) is 5.55. The maximum Gasteiger partial charge on any atom is 0.227 e. The van der Waals surface area contributed by atoms with Crippen molar-refractivity contribution in [3.8, 4) is 0 Å². The summed E-state index contributed by atoms with van der Waals surface area (Å²) in [5.41, 5.74) is 0. The first kappa shape index (κ1) is 11.6. The second kappa shape index (κ2) is 5.46. The van der Waals surface area contributed by atoms with Gasteiger partial charge in [-0.15, -0.1) is 11.3 Å². The van der Waals surface area contributed by atoms with Gasteiger partial charge in [-0.05, 0) is 32.0 Å². The van der Waals surface area contributed by atoms with Crippen LogP contribution < -0.4 is 5.32 Å². The summed E-state index contributed by atoms with van der Waals surface area (Å²) >= 11 is 1.72. The number of nitrogens with zero attached hydrogens (tertiary/aromatic N) is 1. The van der Waals surface area contributed by atoms with Crippen molar-refractivity contribution in [2.75, 3.05) is 26.2 Å². The van der Waals surface area contributed by atoms with Crippen molar-refractivity contribution in [2.45, 2.75) is 19.8 Å². The largest absolute Gasteiger partial charge is 0.341 e. The first-order valence-electron chi connectivity index (χ1n) is 5.79. The van der Waals surface area contributed by atoms with Crippen LogP contribution in [0.3, 0.4) is 0 Å². The van der Waals surface area contributed by atoms with Gasteiger partial charge >= 0.3 is 0 Å². The van der Waals surface area contributed by atoms with Crippen LogP contribution in [0.15, 0.2) is 12.1 Å². The van der Waals surface area contributed by atoms with Crippen molar-refractivity contribution in [1.82, 2.24) is 10.2 Å². The number of aryl methyl sites for hydroxylation is 1. The first-order valence-corrected chi connectivity index (χ1v) is 6.61. The molecule has 0 aliphatic carbocycles. The van der Waals surface area contributed by atoms with E-state index in [1.54, 1.807) is 11.3 Å². The lowest BCUT2D eigenvalue weighted by molar-refractivity contribution is -0.130. The number of hydrogen-bond donors (Lipinski definition) is 1. The molecule has 1 aliphatic rings. The molecular formula is C12H18N2OS. The van der Waals surface area contributed by atoms with Gasteiger partial charge in [0, 0.05) is 29.4 Å². The van der Waals surface area contributed by atoms with Crippen molar-refractivity contribution < 1.29 is 4.79 Å². The Labute approximate surface area is 100 Å². The average molecular weight is 238 g/mol. The van der Waals surface area contributed by atoms with Crippen LogP contribution in [0.5, 0.6) is 0 Å². The van der Waals surface area contributed by atoms with Crippen molar-refractivity contribution >= 4 is 17.2 Å². The first-order chi connectivity index (χ1) is 7.75. The van der Waals surface area contributed by atoms with Crippen LogP contribution in [-0.2, 0) is 11.2 Å². The van der Waals surface area contributed by atoms with Gasteiger partial charge in [-0.1, -0.05) is 0 Å². The minimum atomic E-state index is 0.269. The molecule has 0 atom stereocenters. The number of carbonyl (C=O) groups excluding carboxylic acids is 1. The van der Waals surface area contributed by atoms with Crippen LogP contribution in [0, 0.1) is 6.92 Å². The molecule has 0 spiro atoms. The number of rotatable bonds is 2. The normalized spacial score (nSPS) is 17.2. The van der Waals surface area contributed by atoms with E-state index >= 15 is 0 Å². The van der Waals surface area contributed by atoms with Crippen LogP contribution >= 0.6 is 11.3 Å². The Bertz CT molecular complexity index is 354. The molecule has 1 aromatic heterocycles. The summed E-state index contributed by atoms with van der Waals surface area (Å²) in [6.07, 6.45) is 1.63. The minimum absolute atomic E-state index is 0.269. The smallest absolute Gasteiger partial charge is 0.227 e. The van der Waals surface area contributed by atoms with Gasteiger partial charge < -0.3 is 10.2 Å². The van der Waals surface area contributed by atoms with Gasteiger partial charge in [0.2, 0.25) is 5.91 Å². The lowest BCUT2D eigenvalue weighted by atomic mass is 10.3. The maximum absolute atomic E-state index is 12.0. The van der Waals surface area contributed by atoms with Crippen molar-refractivity contribution in [3.63, 3.8) is 0 Å². The zero-order valence-electron chi connectivity index (χ0n) is 9.66. The molecule has 3 nitrogen and oxygen atoms in total. The fraction of sp³-hybridized carbons (Fsp3) is 0.583. The van der Waals surface area contributed by atoms with Gasteiger partial charge in [-0.3, -0.25) is 4.79 Å². The third kappa shape index (κ3) is 3.06. The monoisotopic (exact) mass is 238 g/mol. The van der Waals surface area contributed by atoms with Crippen LogP contribution in [0.1, 0.15) is 16.2 Å². The number of carbonyl (C=O) groups is 1. The van der Waals surface area contributed by atoms with E-state index in [4.69, 9.17) is 0 Å². The summed E-state index contributed by atoms with van der Waals surface area (Å²) in [5.74, 6) is 0.269. The molecule has 1 fully saturated rings. The number of thiophene rings is 1. The highest BCUT2D eigenvalue weighted by molar-refractivity contribution is 7.12. The van der Waals surface area contributed by atoms with Gasteiger partial charge in [0.05, 0.1) is 6.42 Å². The summed E-state index contributed by atoms with van der Waals surface area (Å²) in [7, 11) is 0. The highest BCUT2D eigenvalue weighted by Gasteiger charge is 2.15. The molecule has 0 unspecified atom stereocenters. The molecule has 1 N–H and O–H groups in total. The Kier molecular flexibility index (Phi) is 3.96. The fourth-order valence-electron chi connectivity index (χ4n) is 1.94. The molecular weight excluding hydrogens is 220 g/mol. The lowest BCUT2D eigenvalue weighted by Crippen LogP contribution is -2.35. The molecule has 4 heteroatoms. The van der Waals surface area contributed by atoms with E-state index in [9.17, 15) is 4.79 Å². The molecule has 1 aliphatic heterocycles. The Balaban J connectivity index is 1.91. The molecule has 2 heterocycles. The summed E-state index contributed by atoms with van der Waals surface area (Å²) in [6.45, 7) is 5.78. The highest BCUT2D eigenvalue weighted by Crippen LogP contribution is 2.16. The molecule has 0 radical (unpaired) electrons. The molecule has 88 valence electrons. The Morgan fingerprint density at radius 2 is 2.31 bits per heavy atom. The van der Waals surface area contributed by atoms with Crippen molar-refractivity contribution in [3.05, 3.63) is 21.9 Å². The third-order valence-corrected chi connectivity index (χ3v) is 3.81. The van der Waals surface area contributed by atoms with Crippen molar-refractivity contribution in [1.29, 1.82) is 0 Å². The number of amides is 1. The Hall–Kier alpha value is -0.870. The van der Waals surface area contributed by atoms with E-state index in [0.717, 1.165) is 32.6 Å². The average Bonchev–Trinajstić information content (AvgIpc) is 2.56. The molecule has 1 saturated heterocycles. The van der Waals surface area contributed by atoms with E-state index in [2.05, 4.69) is 24.4 Å². The molecule has 0 saturated carbocycles. The van der Waals surface area contributed by atoms with Gasteiger partial charge in [0.1, 0.15) is 0 Å². The lowest BCUT2D eigenvalue weighted by Gasteiger charge is -2.19.